The fourth-order valence-electron chi connectivity index (χ4n) is 1.85. The second kappa shape index (κ2) is 6.19. The maximum atomic E-state index is 12.3. The summed E-state index contributed by atoms with van der Waals surface area (Å²) in [5, 5.41) is 0.238. The van der Waals surface area contributed by atoms with Crippen molar-refractivity contribution >= 4 is 37.6 Å². The molecule has 1 saturated carbocycles. The van der Waals surface area contributed by atoms with E-state index in [0.29, 0.717) is 16.1 Å². The van der Waals surface area contributed by atoms with Crippen LogP contribution in [-0.2, 0) is 10.0 Å². The van der Waals surface area contributed by atoms with Gasteiger partial charge in [-0.05, 0) is 46.8 Å². The molecule has 1 fully saturated rings. The fourth-order valence-corrected chi connectivity index (χ4v) is 4.27. The number of sulfonamides is 1. The van der Waals surface area contributed by atoms with Crippen LogP contribution < -0.4 is 15.2 Å². The molecule has 0 saturated heterocycles. The Bertz CT molecular complexity index is 605. The Morgan fingerprint density at radius 1 is 1.55 bits per heavy atom. The molecule has 20 heavy (non-hydrogen) atoms. The Labute approximate surface area is 132 Å². The molecule has 0 bridgehead atoms. The van der Waals surface area contributed by atoms with Crippen molar-refractivity contribution < 1.29 is 13.2 Å². The van der Waals surface area contributed by atoms with Crippen molar-refractivity contribution in [1.82, 2.24) is 4.72 Å². The number of nitrogens with two attached hydrogens (primary N) is 1. The summed E-state index contributed by atoms with van der Waals surface area (Å²) in [4.78, 5) is 0.0753. The molecular weight excluding hydrogens is 368 g/mol. The van der Waals surface area contributed by atoms with Crippen molar-refractivity contribution in [1.29, 1.82) is 0 Å². The van der Waals surface area contributed by atoms with E-state index in [-0.39, 0.29) is 22.5 Å². The quantitative estimate of drug-likeness (QED) is 0.788. The third-order valence-corrected chi connectivity index (χ3v) is 5.91. The summed E-state index contributed by atoms with van der Waals surface area (Å²) in [7, 11) is -2.19. The highest BCUT2D eigenvalue weighted by Crippen LogP contribution is 2.34. The van der Waals surface area contributed by atoms with Gasteiger partial charge in [0.15, 0.2) is 0 Å². The highest BCUT2D eigenvalue weighted by molar-refractivity contribution is 9.10. The molecule has 8 heteroatoms. The van der Waals surface area contributed by atoms with E-state index in [1.54, 1.807) is 0 Å². The van der Waals surface area contributed by atoms with E-state index in [1.165, 1.54) is 19.2 Å². The molecule has 0 amide bonds. The molecule has 3 N–H and O–H groups in total. The number of nitrogens with one attached hydrogen (secondary N) is 1. The standard InChI is InChI=1S/C12H16BrClN2O3S/c1-19-11-4-8(13)12(5-9(11)14)20(17,18)16-6-10(15)7-2-3-7/h4-5,7,10,16H,2-3,6,15H2,1H3. The molecule has 1 aromatic rings. The molecule has 0 aliphatic heterocycles. The van der Waals surface area contributed by atoms with Gasteiger partial charge in [-0.1, -0.05) is 11.6 Å². The second-order valence-corrected chi connectivity index (χ2v) is 7.77. The first kappa shape index (κ1) is 16.0. The molecule has 5 nitrogen and oxygen atoms in total. The molecule has 2 rings (SSSR count). The van der Waals surface area contributed by atoms with E-state index >= 15 is 0 Å². The summed E-state index contributed by atoms with van der Waals surface area (Å²) in [6.07, 6.45) is 2.14. The Kier molecular flexibility index (Phi) is 4.96. The summed E-state index contributed by atoms with van der Waals surface area (Å²) >= 11 is 9.19. The van der Waals surface area contributed by atoms with Gasteiger partial charge in [-0.3, -0.25) is 0 Å². The predicted octanol–water partition coefficient (Wildman–Crippen LogP) is 2.13. The third kappa shape index (κ3) is 3.65. The molecular formula is C12H16BrClN2O3S. The first-order valence-electron chi connectivity index (χ1n) is 6.13. The van der Waals surface area contributed by atoms with Crippen molar-refractivity contribution in [2.45, 2.75) is 23.8 Å². The van der Waals surface area contributed by atoms with Gasteiger partial charge in [-0.2, -0.15) is 0 Å². The maximum Gasteiger partial charge on any atom is 0.241 e. The average Bonchev–Trinajstić information content (AvgIpc) is 3.22. The van der Waals surface area contributed by atoms with Crippen LogP contribution in [0.15, 0.2) is 21.5 Å². The van der Waals surface area contributed by atoms with Crippen molar-refractivity contribution in [3.05, 3.63) is 21.6 Å². The molecule has 0 aromatic heterocycles. The molecule has 0 spiro atoms. The van der Waals surface area contributed by atoms with Crippen LogP contribution >= 0.6 is 27.5 Å². The zero-order valence-corrected chi connectivity index (χ0v) is 14.1. The van der Waals surface area contributed by atoms with Gasteiger partial charge in [-0.15, -0.1) is 0 Å². The Balaban J connectivity index is 2.18. The first-order valence-corrected chi connectivity index (χ1v) is 8.79. The normalized spacial score (nSPS) is 17.0. The molecule has 1 aliphatic rings. The summed E-state index contributed by atoms with van der Waals surface area (Å²) in [5.74, 6) is 0.841. The van der Waals surface area contributed by atoms with Crippen molar-refractivity contribution in [2.24, 2.45) is 11.7 Å². The Morgan fingerprint density at radius 3 is 2.75 bits per heavy atom. The Morgan fingerprint density at radius 2 is 2.20 bits per heavy atom. The van der Waals surface area contributed by atoms with Gasteiger partial charge in [0.2, 0.25) is 10.0 Å². The van der Waals surface area contributed by atoms with Gasteiger partial charge >= 0.3 is 0 Å². The van der Waals surface area contributed by atoms with Gasteiger partial charge in [0, 0.05) is 17.1 Å². The minimum absolute atomic E-state index is 0.0753. The number of ether oxygens (including phenoxy) is 1. The number of benzene rings is 1. The number of hydrogen-bond acceptors (Lipinski definition) is 4. The smallest absolute Gasteiger partial charge is 0.241 e. The highest BCUT2D eigenvalue weighted by atomic mass is 79.9. The zero-order chi connectivity index (χ0) is 14.9. The van der Waals surface area contributed by atoms with Crippen LogP contribution in [0.25, 0.3) is 0 Å². The number of methoxy groups -OCH3 is 1. The first-order chi connectivity index (χ1) is 9.35. The minimum Gasteiger partial charge on any atom is -0.495 e. The van der Waals surface area contributed by atoms with Crippen LogP contribution in [0.1, 0.15) is 12.8 Å². The van der Waals surface area contributed by atoms with Gasteiger partial charge in [0.1, 0.15) is 5.75 Å². The lowest BCUT2D eigenvalue weighted by Gasteiger charge is -2.14. The van der Waals surface area contributed by atoms with E-state index < -0.39 is 10.0 Å². The van der Waals surface area contributed by atoms with Crippen LogP contribution in [0.4, 0.5) is 0 Å². The lowest BCUT2D eigenvalue weighted by molar-refractivity contribution is 0.414. The topological polar surface area (TPSA) is 81.4 Å². The largest absolute Gasteiger partial charge is 0.495 e. The number of halogens is 2. The zero-order valence-electron chi connectivity index (χ0n) is 10.9. The van der Waals surface area contributed by atoms with Gasteiger partial charge in [0.05, 0.1) is 17.0 Å². The lowest BCUT2D eigenvalue weighted by Crippen LogP contribution is -2.38. The molecule has 0 radical (unpaired) electrons. The van der Waals surface area contributed by atoms with Crippen LogP contribution in [0.3, 0.4) is 0 Å². The Hall–Kier alpha value is -0.340. The monoisotopic (exact) mass is 382 g/mol. The van der Waals surface area contributed by atoms with Gasteiger partial charge in [-0.25, -0.2) is 13.1 Å². The lowest BCUT2D eigenvalue weighted by atomic mass is 10.2. The minimum atomic E-state index is -3.66. The van der Waals surface area contributed by atoms with E-state index in [1.807, 2.05) is 0 Å². The predicted molar refractivity (Wildman–Crippen MR) is 81.6 cm³/mol. The number of hydrogen-bond donors (Lipinski definition) is 2. The average molecular weight is 384 g/mol. The molecule has 1 unspecified atom stereocenters. The summed E-state index contributed by atoms with van der Waals surface area (Å²) in [5.41, 5.74) is 5.89. The third-order valence-electron chi connectivity index (χ3n) is 3.23. The molecule has 1 aliphatic carbocycles. The van der Waals surface area contributed by atoms with E-state index in [9.17, 15) is 8.42 Å². The summed E-state index contributed by atoms with van der Waals surface area (Å²) in [6, 6.07) is 2.74. The fraction of sp³-hybridized carbons (Fsp3) is 0.500. The van der Waals surface area contributed by atoms with Crippen molar-refractivity contribution in [3.8, 4) is 5.75 Å². The molecule has 112 valence electrons. The van der Waals surface area contributed by atoms with Crippen LogP contribution in [0, 0.1) is 5.92 Å². The second-order valence-electron chi connectivity index (χ2n) is 4.77. The molecule has 1 atom stereocenters. The van der Waals surface area contributed by atoms with Crippen molar-refractivity contribution in [3.63, 3.8) is 0 Å². The van der Waals surface area contributed by atoms with Gasteiger partial charge in [0.25, 0.3) is 0 Å². The van der Waals surface area contributed by atoms with E-state index in [4.69, 9.17) is 22.1 Å². The summed E-state index contributed by atoms with van der Waals surface area (Å²) < 4.78 is 32.5. The van der Waals surface area contributed by atoms with Crippen LogP contribution in [0.5, 0.6) is 5.75 Å². The van der Waals surface area contributed by atoms with Crippen molar-refractivity contribution in [2.75, 3.05) is 13.7 Å². The highest BCUT2D eigenvalue weighted by Gasteiger charge is 2.30. The van der Waals surface area contributed by atoms with E-state index in [2.05, 4.69) is 20.7 Å². The van der Waals surface area contributed by atoms with E-state index in [0.717, 1.165) is 12.8 Å². The van der Waals surface area contributed by atoms with Crippen LogP contribution in [-0.4, -0.2) is 28.1 Å². The van der Waals surface area contributed by atoms with Gasteiger partial charge < -0.3 is 10.5 Å². The summed E-state index contributed by atoms with van der Waals surface area (Å²) in [6.45, 7) is 0.225. The molecule has 1 aromatic carbocycles. The van der Waals surface area contributed by atoms with Crippen LogP contribution in [0.2, 0.25) is 5.02 Å². The SMILES string of the molecule is COc1cc(Br)c(S(=O)(=O)NCC(N)C2CC2)cc1Cl. The maximum absolute atomic E-state index is 12.3. The number of rotatable bonds is 6. The molecule has 0 heterocycles.